The van der Waals surface area contributed by atoms with Crippen LogP contribution in [0.5, 0.6) is 0 Å². The van der Waals surface area contributed by atoms with Gasteiger partial charge in [0.2, 0.25) is 0 Å². The van der Waals surface area contributed by atoms with Crippen LogP contribution in [0.25, 0.3) is 0 Å². The molecule has 2 aliphatic rings. The van der Waals surface area contributed by atoms with Gasteiger partial charge in [-0.2, -0.15) is 0 Å². The summed E-state index contributed by atoms with van der Waals surface area (Å²) in [5.41, 5.74) is 0.707. The Labute approximate surface area is 82.9 Å². The second kappa shape index (κ2) is 3.97. The maximum atomic E-state index is 2.43. The topological polar surface area (TPSA) is 6.48 Å². The van der Waals surface area contributed by atoms with E-state index in [2.05, 4.69) is 30.9 Å². The lowest BCUT2D eigenvalue weighted by molar-refractivity contribution is -0.110. The SMILES string of the molecule is CC.CN1CC2(CCC2N(C)C)C1. The molecule has 0 radical (unpaired) electrons. The summed E-state index contributed by atoms with van der Waals surface area (Å²) < 4.78 is 0. The van der Waals surface area contributed by atoms with Crippen molar-refractivity contribution in [1.29, 1.82) is 0 Å². The number of hydrogen-bond acceptors (Lipinski definition) is 2. The van der Waals surface area contributed by atoms with Gasteiger partial charge in [0.1, 0.15) is 0 Å². The normalized spacial score (nSPS) is 30.5. The zero-order valence-corrected chi connectivity index (χ0v) is 9.80. The minimum absolute atomic E-state index is 0.707. The summed E-state index contributed by atoms with van der Waals surface area (Å²) in [6.07, 6.45) is 2.88. The van der Waals surface area contributed by atoms with Crippen molar-refractivity contribution < 1.29 is 0 Å². The van der Waals surface area contributed by atoms with E-state index in [1.807, 2.05) is 13.8 Å². The molecule has 78 valence electrons. The average Bonchev–Trinajstić information content (AvgIpc) is 1.99. The molecule has 0 N–H and O–H groups in total. The molecular weight excluding hydrogens is 160 g/mol. The van der Waals surface area contributed by atoms with Crippen LogP contribution in [-0.4, -0.2) is 50.1 Å². The van der Waals surface area contributed by atoms with Gasteiger partial charge < -0.3 is 9.80 Å². The molecule has 2 rings (SSSR count). The first-order chi connectivity index (χ1) is 6.14. The molecule has 0 bridgehead atoms. The molecule has 1 unspecified atom stereocenters. The van der Waals surface area contributed by atoms with E-state index in [0.717, 1.165) is 6.04 Å². The van der Waals surface area contributed by atoms with Crippen molar-refractivity contribution in [3.05, 3.63) is 0 Å². The predicted molar refractivity (Wildman–Crippen MR) is 58.0 cm³/mol. The molecule has 1 aliphatic carbocycles. The maximum Gasteiger partial charge on any atom is 0.0170 e. The van der Waals surface area contributed by atoms with Gasteiger partial charge in [-0.25, -0.2) is 0 Å². The second-order valence-corrected chi connectivity index (χ2v) is 4.55. The minimum atomic E-state index is 0.707. The van der Waals surface area contributed by atoms with Crippen LogP contribution in [0.3, 0.4) is 0 Å². The molecule has 1 spiro atoms. The molecule has 2 fully saturated rings. The van der Waals surface area contributed by atoms with Crippen LogP contribution in [0.4, 0.5) is 0 Å². The summed E-state index contributed by atoms with van der Waals surface area (Å²) in [5.74, 6) is 0. The number of rotatable bonds is 1. The van der Waals surface area contributed by atoms with Crippen LogP contribution in [0.2, 0.25) is 0 Å². The maximum absolute atomic E-state index is 2.43. The van der Waals surface area contributed by atoms with Crippen LogP contribution in [-0.2, 0) is 0 Å². The predicted octanol–water partition coefficient (Wildman–Crippen LogP) is 1.67. The van der Waals surface area contributed by atoms with Crippen molar-refractivity contribution in [3.8, 4) is 0 Å². The lowest BCUT2D eigenvalue weighted by Gasteiger charge is -2.61. The Morgan fingerprint density at radius 1 is 1.23 bits per heavy atom. The first kappa shape index (κ1) is 11.0. The summed E-state index contributed by atoms with van der Waals surface area (Å²) >= 11 is 0. The first-order valence-electron chi connectivity index (χ1n) is 5.49. The summed E-state index contributed by atoms with van der Waals surface area (Å²) in [7, 11) is 6.64. The molecule has 0 aromatic heterocycles. The third-order valence-electron chi connectivity index (χ3n) is 3.42. The van der Waals surface area contributed by atoms with E-state index in [9.17, 15) is 0 Å². The molecule has 1 saturated heterocycles. The summed E-state index contributed by atoms with van der Waals surface area (Å²) in [5, 5.41) is 0. The molecule has 1 saturated carbocycles. The lowest BCUT2D eigenvalue weighted by atomic mass is 9.59. The van der Waals surface area contributed by atoms with E-state index in [1.165, 1.54) is 25.9 Å². The number of hydrogen-bond donors (Lipinski definition) is 0. The fourth-order valence-corrected chi connectivity index (χ4v) is 2.89. The van der Waals surface area contributed by atoms with Crippen molar-refractivity contribution >= 4 is 0 Å². The Kier molecular flexibility index (Phi) is 3.36. The monoisotopic (exact) mass is 184 g/mol. The summed E-state index contributed by atoms with van der Waals surface area (Å²) in [6, 6.07) is 0.874. The molecule has 1 aliphatic heterocycles. The first-order valence-corrected chi connectivity index (χ1v) is 5.49. The van der Waals surface area contributed by atoms with Gasteiger partial charge in [0, 0.05) is 24.5 Å². The van der Waals surface area contributed by atoms with Gasteiger partial charge in [0.05, 0.1) is 0 Å². The van der Waals surface area contributed by atoms with Crippen LogP contribution >= 0.6 is 0 Å². The van der Waals surface area contributed by atoms with Gasteiger partial charge >= 0.3 is 0 Å². The second-order valence-electron chi connectivity index (χ2n) is 4.55. The molecule has 1 heterocycles. The Hall–Kier alpha value is -0.0800. The Balaban J connectivity index is 0.000000396. The van der Waals surface area contributed by atoms with Crippen LogP contribution in [0.1, 0.15) is 26.7 Å². The lowest BCUT2D eigenvalue weighted by Crippen LogP contribution is -2.68. The molecule has 0 aromatic carbocycles. The van der Waals surface area contributed by atoms with Crippen molar-refractivity contribution in [3.63, 3.8) is 0 Å². The Morgan fingerprint density at radius 3 is 2.00 bits per heavy atom. The third kappa shape index (κ3) is 1.75. The Morgan fingerprint density at radius 2 is 1.77 bits per heavy atom. The average molecular weight is 184 g/mol. The summed E-state index contributed by atoms with van der Waals surface area (Å²) in [4.78, 5) is 4.83. The van der Waals surface area contributed by atoms with Gasteiger partial charge in [0.25, 0.3) is 0 Å². The molecular formula is C11H24N2. The molecule has 0 amide bonds. The zero-order chi connectivity index (χ0) is 10.1. The highest BCUT2D eigenvalue weighted by molar-refractivity contribution is 5.08. The highest BCUT2D eigenvalue weighted by atomic mass is 15.2. The van der Waals surface area contributed by atoms with E-state index >= 15 is 0 Å². The van der Waals surface area contributed by atoms with Gasteiger partial charge in [0.15, 0.2) is 0 Å². The van der Waals surface area contributed by atoms with Gasteiger partial charge in [-0.05, 0) is 34.0 Å². The number of nitrogens with zero attached hydrogens (tertiary/aromatic N) is 2. The summed E-state index contributed by atoms with van der Waals surface area (Å²) in [6.45, 7) is 6.66. The fraction of sp³-hybridized carbons (Fsp3) is 1.00. The van der Waals surface area contributed by atoms with Crippen molar-refractivity contribution in [2.24, 2.45) is 5.41 Å². The molecule has 0 aromatic rings. The minimum Gasteiger partial charge on any atom is -0.306 e. The quantitative estimate of drug-likeness (QED) is 0.611. The Bertz CT molecular complexity index is 159. The van der Waals surface area contributed by atoms with Crippen LogP contribution in [0.15, 0.2) is 0 Å². The van der Waals surface area contributed by atoms with E-state index < -0.39 is 0 Å². The fourth-order valence-electron chi connectivity index (χ4n) is 2.89. The van der Waals surface area contributed by atoms with E-state index in [-0.39, 0.29) is 0 Å². The number of likely N-dealkylation sites (tertiary alicyclic amines) is 1. The van der Waals surface area contributed by atoms with Crippen molar-refractivity contribution in [1.82, 2.24) is 9.80 Å². The van der Waals surface area contributed by atoms with E-state index in [1.54, 1.807) is 0 Å². The molecule has 13 heavy (non-hydrogen) atoms. The van der Waals surface area contributed by atoms with Crippen LogP contribution in [0, 0.1) is 5.41 Å². The smallest absolute Gasteiger partial charge is 0.0170 e. The molecule has 2 heteroatoms. The highest BCUT2D eigenvalue weighted by Crippen LogP contribution is 2.49. The third-order valence-corrected chi connectivity index (χ3v) is 3.42. The zero-order valence-electron chi connectivity index (χ0n) is 9.80. The standard InChI is InChI=1S/C9H18N2.C2H6/c1-10(2)8-4-5-9(8)6-11(3)7-9;1-2/h8H,4-7H2,1-3H3;1-2H3. The van der Waals surface area contributed by atoms with E-state index in [0.29, 0.717) is 5.41 Å². The van der Waals surface area contributed by atoms with Crippen LogP contribution < -0.4 is 0 Å². The van der Waals surface area contributed by atoms with Crippen molar-refractivity contribution in [2.75, 3.05) is 34.2 Å². The molecule has 1 atom stereocenters. The van der Waals surface area contributed by atoms with E-state index in [4.69, 9.17) is 0 Å². The molecule has 2 nitrogen and oxygen atoms in total. The van der Waals surface area contributed by atoms with Gasteiger partial charge in [-0.3, -0.25) is 0 Å². The largest absolute Gasteiger partial charge is 0.306 e. The van der Waals surface area contributed by atoms with Gasteiger partial charge in [-0.15, -0.1) is 0 Å². The van der Waals surface area contributed by atoms with Gasteiger partial charge in [-0.1, -0.05) is 13.8 Å². The van der Waals surface area contributed by atoms with Crippen molar-refractivity contribution in [2.45, 2.75) is 32.7 Å². The highest BCUT2D eigenvalue weighted by Gasteiger charge is 2.54.